The molecule has 3 unspecified atom stereocenters. The van der Waals surface area contributed by atoms with Crippen LogP contribution >= 0.6 is 0 Å². The number of nitrogens with one attached hydrogen (secondary N) is 1. The highest BCUT2D eigenvalue weighted by Gasteiger charge is 2.33. The van der Waals surface area contributed by atoms with Gasteiger partial charge in [0.05, 0.1) is 6.10 Å². The maximum absolute atomic E-state index is 5.68. The first-order valence-corrected chi connectivity index (χ1v) is 7.49. The third kappa shape index (κ3) is 3.01. The van der Waals surface area contributed by atoms with E-state index >= 15 is 0 Å². The van der Waals surface area contributed by atoms with Gasteiger partial charge >= 0.3 is 0 Å². The van der Waals surface area contributed by atoms with E-state index < -0.39 is 0 Å². The number of piperidine rings is 1. The zero-order valence-corrected chi connectivity index (χ0v) is 10.9. The molecule has 3 aliphatic heterocycles. The number of nitrogens with zero attached hydrogens (tertiary/aromatic N) is 1. The summed E-state index contributed by atoms with van der Waals surface area (Å²) in [5, 5.41) is 3.68. The Morgan fingerprint density at radius 2 is 2.18 bits per heavy atom. The Labute approximate surface area is 105 Å². The Hall–Kier alpha value is -0.120. The average Bonchev–Trinajstić information content (AvgIpc) is 2.96. The van der Waals surface area contributed by atoms with Crippen molar-refractivity contribution in [2.75, 3.05) is 32.8 Å². The van der Waals surface area contributed by atoms with Crippen molar-refractivity contribution in [2.45, 2.75) is 50.7 Å². The molecule has 1 N–H and O–H groups in total. The first kappa shape index (κ1) is 11.9. The second kappa shape index (κ2) is 5.68. The maximum atomic E-state index is 5.68. The summed E-state index contributed by atoms with van der Waals surface area (Å²) in [6.45, 7) is 6.15. The SMILES string of the molecule is C1COC(CCCN2CC3CCCNC3C2)C1. The zero-order valence-electron chi connectivity index (χ0n) is 10.9. The molecular formula is C14H26N2O. The van der Waals surface area contributed by atoms with Crippen LogP contribution in [-0.2, 0) is 4.74 Å². The van der Waals surface area contributed by atoms with Crippen molar-refractivity contribution in [1.82, 2.24) is 10.2 Å². The van der Waals surface area contributed by atoms with Gasteiger partial charge in [0.25, 0.3) is 0 Å². The highest BCUT2D eigenvalue weighted by atomic mass is 16.5. The smallest absolute Gasteiger partial charge is 0.0576 e. The minimum Gasteiger partial charge on any atom is -0.378 e. The van der Waals surface area contributed by atoms with Crippen molar-refractivity contribution in [3.8, 4) is 0 Å². The molecule has 3 saturated heterocycles. The monoisotopic (exact) mass is 238 g/mol. The number of fused-ring (bicyclic) bond motifs is 1. The molecule has 3 aliphatic rings. The molecule has 3 nitrogen and oxygen atoms in total. The lowest BCUT2D eigenvalue weighted by molar-refractivity contribution is 0.0995. The Morgan fingerprint density at radius 1 is 1.18 bits per heavy atom. The van der Waals surface area contributed by atoms with Crippen LogP contribution in [0.25, 0.3) is 0 Å². The van der Waals surface area contributed by atoms with E-state index in [1.165, 1.54) is 64.7 Å². The summed E-state index contributed by atoms with van der Waals surface area (Å²) in [4.78, 5) is 2.67. The lowest BCUT2D eigenvalue weighted by atomic mass is 9.94. The minimum absolute atomic E-state index is 0.581. The van der Waals surface area contributed by atoms with Gasteiger partial charge in [0, 0.05) is 25.7 Å². The van der Waals surface area contributed by atoms with Gasteiger partial charge in [0.15, 0.2) is 0 Å². The van der Waals surface area contributed by atoms with E-state index in [0.717, 1.165) is 18.6 Å². The van der Waals surface area contributed by atoms with Crippen molar-refractivity contribution in [3.63, 3.8) is 0 Å². The molecule has 0 bridgehead atoms. The number of hydrogen-bond acceptors (Lipinski definition) is 3. The molecule has 0 spiro atoms. The summed E-state index contributed by atoms with van der Waals surface area (Å²) in [6.07, 6.45) is 8.58. The van der Waals surface area contributed by atoms with Gasteiger partial charge in [-0.05, 0) is 57.5 Å². The van der Waals surface area contributed by atoms with Crippen LogP contribution in [0.2, 0.25) is 0 Å². The number of hydrogen-bond donors (Lipinski definition) is 1. The lowest BCUT2D eigenvalue weighted by Crippen LogP contribution is -2.40. The van der Waals surface area contributed by atoms with Gasteiger partial charge in [0.1, 0.15) is 0 Å². The molecule has 0 aromatic carbocycles. The van der Waals surface area contributed by atoms with Gasteiger partial charge in [-0.1, -0.05) is 0 Å². The van der Waals surface area contributed by atoms with Gasteiger partial charge < -0.3 is 15.0 Å². The summed E-state index contributed by atoms with van der Waals surface area (Å²) in [5.41, 5.74) is 0. The molecule has 0 saturated carbocycles. The molecule has 3 heterocycles. The van der Waals surface area contributed by atoms with Crippen LogP contribution in [0.5, 0.6) is 0 Å². The van der Waals surface area contributed by atoms with E-state index in [1.807, 2.05) is 0 Å². The summed E-state index contributed by atoms with van der Waals surface area (Å²) in [6, 6.07) is 0.798. The molecule has 3 atom stereocenters. The van der Waals surface area contributed by atoms with Crippen LogP contribution in [0.15, 0.2) is 0 Å². The fourth-order valence-electron chi connectivity index (χ4n) is 3.73. The average molecular weight is 238 g/mol. The van der Waals surface area contributed by atoms with E-state index in [2.05, 4.69) is 10.2 Å². The number of likely N-dealkylation sites (tertiary alicyclic amines) is 1. The van der Waals surface area contributed by atoms with Gasteiger partial charge in [-0.25, -0.2) is 0 Å². The first-order chi connectivity index (χ1) is 8.42. The minimum atomic E-state index is 0.581. The normalized spacial score (nSPS) is 38.5. The standard InChI is InChI=1S/C14H26N2O/c1-4-12-10-16(11-14(12)15-7-1)8-2-5-13-6-3-9-17-13/h12-15H,1-11H2. The molecule has 0 aliphatic carbocycles. The largest absolute Gasteiger partial charge is 0.378 e. The molecule has 0 aromatic rings. The van der Waals surface area contributed by atoms with Crippen molar-refractivity contribution in [3.05, 3.63) is 0 Å². The quantitative estimate of drug-likeness (QED) is 0.805. The van der Waals surface area contributed by atoms with Crippen molar-refractivity contribution < 1.29 is 4.74 Å². The third-order valence-corrected chi connectivity index (χ3v) is 4.70. The van der Waals surface area contributed by atoms with Crippen LogP contribution in [0, 0.1) is 5.92 Å². The predicted octanol–water partition coefficient (Wildman–Crippen LogP) is 1.63. The van der Waals surface area contributed by atoms with E-state index in [-0.39, 0.29) is 0 Å². The van der Waals surface area contributed by atoms with Crippen molar-refractivity contribution in [1.29, 1.82) is 0 Å². The van der Waals surface area contributed by atoms with Crippen LogP contribution in [0.3, 0.4) is 0 Å². The molecule has 0 aromatic heterocycles. The highest BCUT2D eigenvalue weighted by Crippen LogP contribution is 2.25. The second-order valence-corrected chi connectivity index (χ2v) is 6.00. The molecule has 98 valence electrons. The van der Waals surface area contributed by atoms with Gasteiger partial charge in [-0.15, -0.1) is 0 Å². The molecule has 3 heteroatoms. The van der Waals surface area contributed by atoms with E-state index in [1.54, 1.807) is 0 Å². The van der Waals surface area contributed by atoms with Crippen LogP contribution in [0.1, 0.15) is 38.5 Å². The lowest BCUT2D eigenvalue weighted by Gasteiger charge is -2.24. The van der Waals surface area contributed by atoms with Gasteiger partial charge in [-0.2, -0.15) is 0 Å². The van der Waals surface area contributed by atoms with E-state index in [4.69, 9.17) is 4.74 Å². The zero-order chi connectivity index (χ0) is 11.5. The summed E-state index contributed by atoms with van der Waals surface area (Å²) < 4.78 is 5.68. The Morgan fingerprint density at radius 3 is 3.00 bits per heavy atom. The molecule has 3 rings (SSSR count). The van der Waals surface area contributed by atoms with Crippen molar-refractivity contribution >= 4 is 0 Å². The Balaban J connectivity index is 1.35. The topological polar surface area (TPSA) is 24.5 Å². The molecular weight excluding hydrogens is 212 g/mol. The molecule has 17 heavy (non-hydrogen) atoms. The van der Waals surface area contributed by atoms with Crippen LogP contribution in [0.4, 0.5) is 0 Å². The fraction of sp³-hybridized carbons (Fsp3) is 1.00. The number of ether oxygens (including phenoxy) is 1. The fourth-order valence-corrected chi connectivity index (χ4v) is 3.73. The van der Waals surface area contributed by atoms with Crippen LogP contribution in [-0.4, -0.2) is 49.8 Å². The van der Waals surface area contributed by atoms with Crippen LogP contribution < -0.4 is 5.32 Å². The highest BCUT2D eigenvalue weighted by molar-refractivity contribution is 4.91. The van der Waals surface area contributed by atoms with Gasteiger partial charge in [-0.3, -0.25) is 0 Å². The maximum Gasteiger partial charge on any atom is 0.0576 e. The molecule has 0 amide bonds. The van der Waals surface area contributed by atoms with E-state index in [0.29, 0.717) is 6.10 Å². The Kier molecular flexibility index (Phi) is 3.99. The summed E-state index contributed by atoms with van der Waals surface area (Å²) >= 11 is 0. The van der Waals surface area contributed by atoms with Crippen molar-refractivity contribution in [2.24, 2.45) is 5.92 Å². The van der Waals surface area contributed by atoms with E-state index in [9.17, 15) is 0 Å². The first-order valence-electron chi connectivity index (χ1n) is 7.49. The predicted molar refractivity (Wildman–Crippen MR) is 69.2 cm³/mol. The number of rotatable bonds is 4. The molecule has 3 fully saturated rings. The molecule has 0 radical (unpaired) electrons. The summed E-state index contributed by atoms with van der Waals surface area (Å²) in [7, 11) is 0. The van der Waals surface area contributed by atoms with Gasteiger partial charge in [0.2, 0.25) is 0 Å². The Bertz CT molecular complexity index is 226. The second-order valence-electron chi connectivity index (χ2n) is 6.00. The summed E-state index contributed by atoms with van der Waals surface area (Å²) in [5.74, 6) is 0.937. The third-order valence-electron chi connectivity index (χ3n) is 4.70.